The van der Waals surface area contributed by atoms with Crippen LogP contribution in [0.15, 0.2) is 71.5 Å². The van der Waals surface area contributed by atoms with Gasteiger partial charge in [-0.25, -0.2) is 0 Å². The second-order valence-corrected chi connectivity index (χ2v) is 6.70. The fourth-order valence-corrected chi connectivity index (χ4v) is 3.45. The van der Waals surface area contributed by atoms with Gasteiger partial charge in [0, 0.05) is 35.7 Å². The van der Waals surface area contributed by atoms with Crippen molar-refractivity contribution in [2.24, 2.45) is 5.73 Å². The molecule has 4 rings (SSSR count). The lowest BCUT2D eigenvalue weighted by Crippen LogP contribution is -2.06. The Bertz CT molecular complexity index is 1200. The van der Waals surface area contributed by atoms with Gasteiger partial charge in [0.1, 0.15) is 0 Å². The largest absolute Gasteiger partial charge is 0.398 e. The second kappa shape index (κ2) is 7.05. The molecule has 3 N–H and O–H groups in total. The van der Waals surface area contributed by atoms with Crippen LogP contribution in [0.25, 0.3) is 22.0 Å². The first-order valence-corrected chi connectivity index (χ1v) is 9.01. The summed E-state index contributed by atoms with van der Waals surface area (Å²) in [7, 11) is 1.82. The van der Waals surface area contributed by atoms with Crippen molar-refractivity contribution in [1.82, 2.24) is 14.8 Å². The average molecular weight is 368 g/mol. The van der Waals surface area contributed by atoms with Crippen molar-refractivity contribution in [3.05, 3.63) is 77.3 Å². The van der Waals surface area contributed by atoms with E-state index in [0.29, 0.717) is 29.5 Å². The molecule has 0 bridgehead atoms. The molecule has 0 fully saturated rings. The Balaban J connectivity index is 1.97. The molecule has 1 aliphatic carbocycles. The van der Waals surface area contributed by atoms with Crippen molar-refractivity contribution in [3.8, 4) is 11.8 Å². The van der Waals surface area contributed by atoms with Gasteiger partial charge in [-0.2, -0.15) is 5.26 Å². The monoisotopic (exact) mass is 368 g/mol. The summed E-state index contributed by atoms with van der Waals surface area (Å²) in [5.41, 5.74) is 10.1. The van der Waals surface area contributed by atoms with Crippen molar-refractivity contribution < 1.29 is 0 Å². The first-order chi connectivity index (χ1) is 13.6. The average Bonchev–Trinajstić information content (AvgIpc) is 3.09. The highest BCUT2D eigenvalue weighted by Gasteiger charge is 2.20. The standard InChI is InChI=1S/C22H20N6/c1-14-10-17(11-15(13-23)12-19(14)24)21-26-27-22(25-2)28(21)20-9-5-7-16-6-3-4-8-18(16)20/h3-10,12H,11,24H2,1-2H3,(H,25,27). The van der Waals surface area contributed by atoms with Gasteiger partial charge in [0.2, 0.25) is 5.95 Å². The highest BCUT2D eigenvalue weighted by Crippen LogP contribution is 2.32. The van der Waals surface area contributed by atoms with E-state index in [2.05, 4.69) is 39.8 Å². The lowest BCUT2D eigenvalue weighted by atomic mass is 10.0. The van der Waals surface area contributed by atoms with Gasteiger partial charge >= 0.3 is 0 Å². The Hall–Kier alpha value is -3.85. The number of nitrogens with zero attached hydrogens (tertiary/aromatic N) is 4. The summed E-state index contributed by atoms with van der Waals surface area (Å²) in [6.07, 6.45) is 4.17. The highest BCUT2D eigenvalue weighted by atomic mass is 15.3. The quantitative estimate of drug-likeness (QED) is 0.731. The summed E-state index contributed by atoms with van der Waals surface area (Å²) >= 11 is 0. The molecule has 0 saturated heterocycles. The van der Waals surface area contributed by atoms with Crippen LogP contribution in [0.2, 0.25) is 0 Å². The number of hydrogen-bond acceptors (Lipinski definition) is 5. The molecule has 1 aliphatic rings. The molecule has 0 atom stereocenters. The second-order valence-electron chi connectivity index (χ2n) is 6.70. The van der Waals surface area contributed by atoms with Gasteiger partial charge < -0.3 is 11.1 Å². The van der Waals surface area contributed by atoms with Gasteiger partial charge in [-0.3, -0.25) is 4.57 Å². The molecule has 0 saturated carbocycles. The molecule has 138 valence electrons. The van der Waals surface area contributed by atoms with E-state index in [1.165, 1.54) is 0 Å². The summed E-state index contributed by atoms with van der Waals surface area (Å²) < 4.78 is 2.00. The third-order valence-electron chi connectivity index (χ3n) is 4.88. The maximum absolute atomic E-state index is 9.48. The van der Waals surface area contributed by atoms with Crippen LogP contribution in [-0.4, -0.2) is 21.8 Å². The topological polar surface area (TPSA) is 92.6 Å². The van der Waals surface area contributed by atoms with Crippen LogP contribution < -0.4 is 11.1 Å². The zero-order valence-corrected chi connectivity index (χ0v) is 15.8. The molecule has 3 aromatic rings. The summed E-state index contributed by atoms with van der Waals surface area (Å²) in [4.78, 5) is 0. The molecule has 0 unspecified atom stereocenters. The number of benzene rings is 2. The van der Waals surface area contributed by atoms with Crippen LogP contribution in [0.1, 0.15) is 19.2 Å². The summed E-state index contributed by atoms with van der Waals surface area (Å²) in [6, 6.07) is 16.6. The number of nitriles is 1. The van der Waals surface area contributed by atoms with Crippen LogP contribution in [0.5, 0.6) is 0 Å². The molecule has 2 aromatic carbocycles. The zero-order chi connectivity index (χ0) is 19.7. The number of rotatable bonds is 3. The SMILES string of the molecule is CNc1nnc(C2=CC(C)=C(N)C=C(C#N)C2)n1-c1cccc2ccccc12. The molecular weight excluding hydrogens is 348 g/mol. The maximum atomic E-state index is 9.48. The van der Waals surface area contributed by atoms with Crippen molar-refractivity contribution in [2.45, 2.75) is 13.3 Å². The van der Waals surface area contributed by atoms with Gasteiger partial charge in [0.05, 0.1) is 11.8 Å². The Morgan fingerprint density at radius 1 is 1.11 bits per heavy atom. The van der Waals surface area contributed by atoms with Crippen molar-refractivity contribution >= 4 is 22.3 Å². The third-order valence-corrected chi connectivity index (χ3v) is 4.88. The lowest BCUT2D eigenvalue weighted by Gasteiger charge is -2.14. The number of fused-ring (bicyclic) bond motifs is 1. The Labute approximate surface area is 163 Å². The van der Waals surface area contributed by atoms with E-state index in [1.807, 2.05) is 48.9 Å². The number of nitrogens with one attached hydrogen (secondary N) is 1. The minimum absolute atomic E-state index is 0.446. The Kier molecular flexibility index (Phi) is 4.42. The Morgan fingerprint density at radius 3 is 2.68 bits per heavy atom. The summed E-state index contributed by atoms with van der Waals surface area (Å²) in [6.45, 7) is 1.93. The number of aromatic nitrogens is 3. The number of hydrogen-bond donors (Lipinski definition) is 2. The number of allylic oxidation sites excluding steroid dienone is 5. The van der Waals surface area contributed by atoms with E-state index in [-0.39, 0.29) is 0 Å². The molecule has 1 aromatic heterocycles. The molecular formula is C22H20N6. The number of anilines is 1. The first-order valence-electron chi connectivity index (χ1n) is 9.01. The first kappa shape index (κ1) is 17.6. The molecule has 0 amide bonds. The summed E-state index contributed by atoms with van der Waals surface area (Å²) in [5, 5.41) is 23.6. The van der Waals surface area contributed by atoms with E-state index >= 15 is 0 Å². The molecule has 6 heteroatoms. The summed E-state index contributed by atoms with van der Waals surface area (Å²) in [5.74, 6) is 1.32. The van der Waals surface area contributed by atoms with E-state index in [9.17, 15) is 5.26 Å². The molecule has 1 heterocycles. The van der Waals surface area contributed by atoms with Crippen LogP contribution in [0, 0.1) is 11.3 Å². The van der Waals surface area contributed by atoms with Crippen LogP contribution in [0.4, 0.5) is 5.95 Å². The van der Waals surface area contributed by atoms with Crippen molar-refractivity contribution in [3.63, 3.8) is 0 Å². The Morgan fingerprint density at radius 2 is 1.89 bits per heavy atom. The van der Waals surface area contributed by atoms with Crippen LogP contribution >= 0.6 is 0 Å². The smallest absolute Gasteiger partial charge is 0.229 e. The minimum Gasteiger partial charge on any atom is -0.398 e. The van der Waals surface area contributed by atoms with Crippen molar-refractivity contribution in [1.29, 1.82) is 5.26 Å². The van der Waals surface area contributed by atoms with E-state index in [0.717, 1.165) is 27.6 Å². The van der Waals surface area contributed by atoms with Crippen LogP contribution in [-0.2, 0) is 0 Å². The fraction of sp³-hybridized carbons (Fsp3) is 0.136. The van der Waals surface area contributed by atoms with E-state index in [1.54, 1.807) is 6.08 Å². The normalized spacial score (nSPS) is 14.3. The van der Waals surface area contributed by atoms with Crippen LogP contribution in [0.3, 0.4) is 0 Å². The van der Waals surface area contributed by atoms with Gasteiger partial charge in [0.15, 0.2) is 5.82 Å². The molecule has 0 aliphatic heterocycles. The molecule has 0 radical (unpaired) electrons. The third kappa shape index (κ3) is 2.93. The molecule has 6 nitrogen and oxygen atoms in total. The molecule has 0 spiro atoms. The maximum Gasteiger partial charge on any atom is 0.229 e. The lowest BCUT2D eigenvalue weighted by molar-refractivity contribution is 1.01. The fourth-order valence-electron chi connectivity index (χ4n) is 3.45. The van der Waals surface area contributed by atoms with Gasteiger partial charge in [-0.15, -0.1) is 10.2 Å². The van der Waals surface area contributed by atoms with Crippen molar-refractivity contribution in [2.75, 3.05) is 12.4 Å². The van der Waals surface area contributed by atoms with E-state index in [4.69, 9.17) is 5.73 Å². The van der Waals surface area contributed by atoms with Gasteiger partial charge in [-0.05, 0) is 36.1 Å². The highest BCUT2D eigenvalue weighted by molar-refractivity contribution is 5.91. The number of nitrogens with two attached hydrogens (primary N) is 1. The predicted molar refractivity (Wildman–Crippen MR) is 112 cm³/mol. The van der Waals surface area contributed by atoms with Gasteiger partial charge in [0.25, 0.3) is 0 Å². The zero-order valence-electron chi connectivity index (χ0n) is 15.8. The predicted octanol–water partition coefficient (Wildman–Crippen LogP) is 3.93. The van der Waals surface area contributed by atoms with E-state index < -0.39 is 0 Å². The van der Waals surface area contributed by atoms with Gasteiger partial charge in [-0.1, -0.05) is 36.4 Å². The minimum atomic E-state index is 0.446. The molecule has 28 heavy (non-hydrogen) atoms.